The van der Waals surface area contributed by atoms with E-state index in [-0.39, 0.29) is 11.7 Å². The zero-order chi connectivity index (χ0) is 8.43. The summed E-state index contributed by atoms with van der Waals surface area (Å²) in [6.45, 7) is 3.93. The van der Waals surface area contributed by atoms with Gasteiger partial charge in [0.1, 0.15) is 5.82 Å². The molecule has 0 aliphatic carbocycles. The van der Waals surface area contributed by atoms with Gasteiger partial charge < -0.3 is 0 Å². The van der Waals surface area contributed by atoms with Crippen LogP contribution in [0.5, 0.6) is 0 Å². The third-order valence-electron chi connectivity index (χ3n) is 1.38. The van der Waals surface area contributed by atoms with Gasteiger partial charge in [-0.3, -0.25) is 4.98 Å². The fourth-order valence-electron chi connectivity index (χ4n) is 0.850. The molecule has 1 rings (SSSR count). The third-order valence-corrected chi connectivity index (χ3v) is 1.69. The number of hydrogen-bond acceptors (Lipinski definition) is 1. The molecule has 11 heavy (non-hydrogen) atoms. The lowest BCUT2D eigenvalue weighted by molar-refractivity contribution is 0.617. The molecule has 0 bridgehead atoms. The van der Waals surface area contributed by atoms with Gasteiger partial charge in [0, 0.05) is 0 Å². The van der Waals surface area contributed by atoms with E-state index in [1.807, 2.05) is 13.8 Å². The van der Waals surface area contributed by atoms with Crippen LogP contribution in [0, 0.1) is 5.82 Å². The van der Waals surface area contributed by atoms with Gasteiger partial charge in [-0.25, -0.2) is 4.39 Å². The minimum atomic E-state index is -0.389. The van der Waals surface area contributed by atoms with Crippen LogP contribution in [0.4, 0.5) is 4.39 Å². The SMILES string of the molecule is CC(C)c1ncc(F)cc1Cl. The van der Waals surface area contributed by atoms with Gasteiger partial charge in [0.2, 0.25) is 0 Å². The van der Waals surface area contributed by atoms with Crippen LogP contribution in [0.25, 0.3) is 0 Å². The van der Waals surface area contributed by atoms with E-state index >= 15 is 0 Å². The first-order valence-corrected chi connectivity index (χ1v) is 3.80. The Labute approximate surface area is 70.2 Å². The molecule has 0 radical (unpaired) electrons. The molecule has 1 aromatic rings. The van der Waals surface area contributed by atoms with Crippen molar-refractivity contribution in [3.05, 3.63) is 28.8 Å². The normalized spacial score (nSPS) is 10.6. The van der Waals surface area contributed by atoms with Gasteiger partial charge in [0.15, 0.2) is 0 Å². The van der Waals surface area contributed by atoms with Crippen LogP contribution in [0.15, 0.2) is 12.3 Å². The number of aromatic nitrogens is 1. The summed E-state index contributed by atoms with van der Waals surface area (Å²) in [5, 5.41) is 0.403. The molecule has 1 nitrogen and oxygen atoms in total. The van der Waals surface area contributed by atoms with E-state index in [0.29, 0.717) is 5.02 Å². The summed E-state index contributed by atoms with van der Waals surface area (Å²) in [6.07, 6.45) is 1.18. The molecule has 1 aromatic heterocycles. The van der Waals surface area contributed by atoms with Crippen molar-refractivity contribution >= 4 is 11.6 Å². The van der Waals surface area contributed by atoms with E-state index in [0.717, 1.165) is 5.69 Å². The van der Waals surface area contributed by atoms with Crippen molar-refractivity contribution in [3.8, 4) is 0 Å². The largest absolute Gasteiger partial charge is 0.256 e. The minimum Gasteiger partial charge on any atom is -0.256 e. The first kappa shape index (κ1) is 8.47. The molecule has 0 aliphatic heterocycles. The number of halogens is 2. The van der Waals surface area contributed by atoms with Crippen LogP contribution >= 0.6 is 11.6 Å². The van der Waals surface area contributed by atoms with Crippen molar-refractivity contribution in [2.24, 2.45) is 0 Å². The van der Waals surface area contributed by atoms with Crippen molar-refractivity contribution < 1.29 is 4.39 Å². The van der Waals surface area contributed by atoms with E-state index in [9.17, 15) is 4.39 Å². The van der Waals surface area contributed by atoms with E-state index in [2.05, 4.69) is 4.98 Å². The number of pyridine rings is 1. The summed E-state index contributed by atoms with van der Waals surface area (Å²) in [4.78, 5) is 3.87. The first-order valence-electron chi connectivity index (χ1n) is 3.42. The Morgan fingerprint density at radius 3 is 2.64 bits per heavy atom. The Morgan fingerprint density at radius 2 is 2.18 bits per heavy atom. The second-order valence-electron chi connectivity index (χ2n) is 2.68. The average Bonchev–Trinajstić information content (AvgIpc) is 1.85. The van der Waals surface area contributed by atoms with Crippen LogP contribution in [0.3, 0.4) is 0 Å². The predicted octanol–water partition coefficient (Wildman–Crippen LogP) is 3.00. The van der Waals surface area contributed by atoms with Gasteiger partial charge in [-0.2, -0.15) is 0 Å². The van der Waals surface area contributed by atoms with Crippen LogP contribution in [0.2, 0.25) is 5.02 Å². The molecular formula is C8H9ClFN. The molecule has 60 valence electrons. The monoisotopic (exact) mass is 173 g/mol. The van der Waals surface area contributed by atoms with Crippen molar-refractivity contribution in [2.45, 2.75) is 19.8 Å². The maximum absolute atomic E-state index is 12.5. The Kier molecular flexibility index (Phi) is 2.45. The van der Waals surface area contributed by atoms with Gasteiger partial charge in [-0.05, 0) is 12.0 Å². The summed E-state index contributed by atoms with van der Waals surface area (Å²) in [5.74, 6) is -0.150. The minimum absolute atomic E-state index is 0.239. The lowest BCUT2D eigenvalue weighted by Gasteiger charge is -2.05. The van der Waals surface area contributed by atoms with E-state index < -0.39 is 0 Å². The van der Waals surface area contributed by atoms with Crippen molar-refractivity contribution in [1.29, 1.82) is 0 Å². The predicted molar refractivity (Wildman–Crippen MR) is 43.3 cm³/mol. The highest BCUT2D eigenvalue weighted by Gasteiger charge is 2.06. The number of rotatable bonds is 1. The van der Waals surface area contributed by atoms with Gasteiger partial charge in [0.05, 0.1) is 16.9 Å². The molecule has 0 aromatic carbocycles. The smallest absolute Gasteiger partial charge is 0.142 e. The second kappa shape index (κ2) is 3.18. The Hall–Kier alpha value is -0.630. The molecule has 1 heterocycles. The molecule has 0 aliphatic rings. The Balaban J connectivity index is 3.09. The van der Waals surface area contributed by atoms with Crippen LogP contribution in [0.1, 0.15) is 25.5 Å². The highest BCUT2D eigenvalue weighted by Crippen LogP contribution is 2.21. The molecule has 0 amide bonds. The Bertz CT molecular complexity index is 260. The van der Waals surface area contributed by atoms with Crippen molar-refractivity contribution in [3.63, 3.8) is 0 Å². The van der Waals surface area contributed by atoms with Crippen molar-refractivity contribution in [1.82, 2.24) is 4.98 Å². The highest BCUT2D eigenvalue weighted by atomic mass is 35.5. The zero-order valence-corrected chi connectivity index (χ0v) is 7.19. The van der Waals surface area contributed by atoms with Crippen LogP contribution in [-0.4, -0.2) is 4.98 Å². The molecule has 0 fully saturated rings. The standard InChI is InChI=1S/C8H9ClFN/c1-5(2)8-7(9)3-6(10)4-11-8/h3-5H,1-2H3. The molecule has 3 heteroatoms. The first-order chi connectivity index (χ1) is 5.11. The quantitative estimate of drug-likeness (QED) is 0.636. The summed E-state index contributed by atoms with van der Waals surface area (Å²) in [5.41, 5.74) is 0.744. The fourth-order valence-corrected chi connectivity index (χ4v) is 1.22. The van der Waals surface area contributed by atoms with Gasteiger partial charge in [-0.15, -0.1) is 0 Å². The summed E-state index contributed by atoms with van der Waals surface area (Å²) in [7, 11) is 0. The van der Waals surface area contributed by atoms with Gasteiger partial charge in [0.25, 0.3) is 0 Å². The number of nitrogens with zero attached hydrogens (tertiary/aromatic N) is 1. The van der Waals surface area contributed by atoms with Gasteiger partial charge >= 0.3 is 0 Å². The van der Waals surface area contributed by atoms with E-state index in [1.54, 1.807) is 0 Å². The fraction of sp³-hybridized carbons (Fsp3) is 0.375. The molecule has 0 N–H and O–H groups in total. The summed E-state index contributed by atoms with van der Waals surface area (Å²) in [6, 6.07) is 1.28. The van der Waals surface area contributed by atoms with Crippen LogP contribution < -0.4 is 0 Å². The summed E-state index contributed by atoms with van der Waals surface area (Å²) >= 11 is 5.72. The zero-order valence-electron chi connectivity index (χ0n) is 6.44. The number of hydrogen-bond donors (Lipinski definition) is 0. The molecule has 0 spiro atoms. The van der Waals surface area contributed by atoms with E-state index in [4.69, 9.17) is 11.6 Å². The van der Waals surface area contributed by atoms with Crippen molar-refractivity contribution in [2.75, 3.05) is 0 Å². The second-order valence-corrected chi connectivity index (χ2v) is 3.08. The maximum atomic E-state index is 12.5. The lowest BCUT2D eigenvalue weighted by Crippen LogP contribution is -1.94. The van der Waals surface area contributed by atoms with Gasteiger partial charge in [-0.1, -0.05) is 25.4 Å². The molecule has 0 unspecified atom stereocenters. The van der Waals surface area contributed by atoms with E-state index in [1.165, 1.54) is 12.3 Å². The summed E-state index contributed by atoms with van der Waals surface area (Å²) < 4.78 is 12.5. The molecule has 0 saturated carbocycles. The third kappa shape index (κ3) is 1.90. The topological polar surface area (TPSA) is 12.9 Å². The highest BCUT2D eigenvalue weighted by molar-refractivity contribution is 6.31. The molecule has 0 saturated heterocycles. The average molecular weight is 174 g/mol. The van der Waals surface area contributed by atoms with Crippen LogP contribution in [-0.2, 0) is 0 Å². The Morgan fingerprint density at radius 1 is 1.55 bits per heavy atom. The molecular weight excluding hydrogens is 165 g/mol. The lowest BCUT2D eigenvalue weighted by atomic mass is 10.1. The maximum Gasteiger partial charge on any atom is 0.142 e. The molecule has 0 atom stereocenters.